The highest BCUT2D eigenvalue weighted by Crippen LogP contribution is 2.21. The molecule has 0 bridgehead atoms. The van der Waals surface area contributed by atoms with Gasteiger partial charge in [-0.15, -0.1) is 0 Å². The van der Waals surface area contributed by atoms with Gasteiger partial charge in [0.25, 0.3) is 0 Å². The molecule has 2 amide bonds. The van der Waals surface area contributed by atoms with Crippen molar-refractivity contribution in [3.8, 4) is 0 Å². The molecule has 0 saturated carbocycles. The first-order valence-corrected chi connectivity index (χ1v) is 8.30. The van der Waals surface area contributed by atoms with Gasteiger partial charge in [-0.25, -0.2) is 0 Å². The predicted molar refractivity (Wildman–Crippen MR) is 97.3 cm³/mol. The summed E-state index contributed by atoms with van der Waals surface area (Å²) in [5.74, 6) is -0.662. The minimum Gasteiger partial charge on any atom is -0.383 e. The summed E-state index contributed by atoms with van der Waals surface area (Å²) in [6.45, 7) is 10.1. The first-order chi connectivity index (χ1) is 11.4. The van der Waals surface area contributed by atoms with E-state index in [4.69, 9.17) is 4.74 Å². The van der Waals surface area contributed by atoms with Crippen molar-refractivity contribution in [1.29, 1.82) is 0 Å². The number of benzene rings is 1. The van der Waals surface area contributed by atoms with Gasteiger partial charge in [-0.2, -0.15) is 0 Å². The molecule has 1 rings (SSSR count). The Morgan fingerprint density at radius 2 is 1.67 bits per heavy atom. The van der Waals surface area contributed by atoms with Crippen molar-refractivity contribution in [2.24, 2.45) is 5.41 Å². The molecule has 0 atom stereocenters. The second kappa shape index (κ2) is 9.27. The molecule has 2 N–H and O–H groups in total. The number of nitrogens with zero attached hydrogens (tertiary/aromatic N) is 1. The highest BCUT2D eigenvalue weighted by Gasteiger charge is 2.35. The fourth-order valence-corrected chi connectivity index (χ4v) is 2.22. The lowest BCUT2D eigenvalue weighted by Crippen LogP contribution is -2.45. The van der Waals surface area contributed by atoms with Crippen LogP contribution in [-0.4, -0.2) is 45.2 Å². The van der Waals surface area contributed by atoms with Crippen LogP contribution in [0.2, 0.25) is 0 Å². The van der Waals surface area contributed by atoms with E-state index in [1.807, 2.05) is 24.3 Å². The summed E-state index contributed by atoms with van der Waals surface area (Å²) in [5, 5.41) is 5.50. The molecular weight excluding hydrogens is 306 g/mol. The van der Waals surface area contributed by atoms with Crippen molar-refractivity contribution in [2.45, 2.75) is 27.7 Å². The molecule has 0 saturated heterocycles. The fraction of sp³-hybridized carbons (Fsp3) is 0.556. The summed E-state index contributed by atoms with van der Waals surface area (Å²) in [7, 11) is 1.56. The van der Waals surface area contributed by atoms with E-state index in [0.29, 0.717) is 18.8 Å². The van der Waals surface area contributed by atoms with Gasteiger partial charge in [-0.3, -0.25) is 9.59 Å². The zero-order chi connectivity index (χ0) is 18.2. The lowest BCUT2D eigenvalue weighted by atomic mass is 9.91. The molecule has 0 aromatic heterocycles. The molecule has 0 aliphatic heterocycles. The van der Waals surface area contributed by atoms with E-state index >= 15 is 0 Å². The quantitative estimate of drug-likeness (QED) is 0.536. The number of rotatable bonds is 9. The minimum absolute atomic E-state index is 0.322. The van der Waals surface area contributed by atoms with Gasteiger partial charge < -0.3 is 20.3 Å². The fourth-order valence-electron chi connectivity index (χ4n) is 2.22. The zero-order valence-electron chi connectivity index (χ0n) is 15.3. The number of amides is 2. The Balaban J connectivity index is 2.70. The van der Waals surface area contributed by atoms with Crippen LogP contribution in [0.25, 0.3) is 0 Å². The first kappa shape index (κ1) is 20.0. The smallest absolute Gasteiger partial charge is 0.239 e. The van der Waals surface area contributed by atoms with E-state index < -0.39 is 5.41 Å². The molecular formula is C18H29N3O3. The van der Waals surface area contributed by atoms with E-state index in [2.05, 4.69) is 29.4 Å². The first-order valence-electron chi connectivity index (χ1n) is 8.30. The number of hydrogen-bond donors (Lipinski definition) is 2. The Labute approximate surface area is 144 Å². The molecule has 0 aliphatic rings. The molecule has 1 aromatic rings. The number of methoxy groups -OCH3 is 1. The van der Waals surface area contributed by atoms with E-state index in [1.165, 1.54) is 0 Å². The third kappa shape index (κ3) is 5.23. The number of hydrogen-bond acceptors (Lipinski definition) is 4. The summed E-state index contributed by atoms with van der Waals surface area (Å²) in [4.78, 5) is 26.8. The third-order valence-corrected chi connectivity index (χ3v) is 3.98. The largest absolute Gasteiger partial charge is 0.383 e. The second-order valence-electron chi connectivity index (χ2n) is 6.05. The van der Waals surface area contributed by atoms with Crippen LogP contribution in [-0.2, 0) is 14.3 Å². The van der Waals surface area contributed by atoms with Crippen LogP contribution in [0.1, 0.15) is 27.7 Å². The van der Waals surface area contributed by atoms with Crippen LogP contribution < -0.4 is 15.5 Å². The van der Waals surface area contributed by atoms with Crippen LogP contribution in [0.4, 0.5) is 11.4 Å². The van der Waals surface area contributed by atoms with Crippen molar-refractivity contribution in [3.63, 3.8) is 0 Å². The van der Waals surface area contributed by atoms with Crippen molar-refractivity contribution >= 4 is 23.2 Å². The lowest BCUT2D eigenvalue weighted by Gasteiger charge is -2.23. The molecule has 0 heterocycles. The predicted octanol–water partition coefficient (Wildman–Crippen LogP) is 2.26. The van der Waals surface area contributed by atoms with Crippen molar-refractivity contribution in [3.05, 3.63) is 24.3 Å². The average Bonchev–Trinajstić information content (AvgIpc) is 2.57. The number of nitrogens with one attached hydrogen (secondary N) is 2. The van der Waals surface area contributed by atoms with Gasteiger partial charge in [0, 0.05) is 38.1 Å². The average molecular weight is 335 g/mol. The topological polar surface area (TPSA) is 70.7 Å². The normalized spacial score (nSPS) is 11.0. The Morgan fingerprint density at radius 1 is 1.08 bits per heavy atom. The zero-order valence-corrected chi connectivity index (χ0v) is 15.3. The monoisotopic (exact) mass is 335 g/mol. The van der Waals surface area contributed by atoms with Gasteiger partial charge in [0.05, 0.1) is 6.61 Å². The molecule has 6 nitrogen and oxygen atoms in total. The summed E-state index contributed by atoms with van der Waals surface area (Å²) >= 11 is 0. The maximum atomic E-state index is 12.4. The van der Waals surface area contributed by atoms with Crippen molar-refractivity contribution < 1.29 is 14.3 Å². The van der Waals surface area contributed by atoms with E-state index in [9.17, 15) is 9.59 Å². The van der Waals surface area contributed by atoms with Gasteiger partial charge in [-0.1, -0.05) is 0 Å². The van der Waals surface area contributed by atoms with E-state index in [-0.39, 0.29) is 11.8 Å². The molecule has 0 fully saturated rings. The number of anilines is 2. The Bertz CT molecular complexity index is 537. The molecule has 6 heteroatoms. The molecule has 0 radical (unpaired) electrons. The van der Waals surface area contributed by atoms with E-state index in [1.54, 1.807) is 21.0 Å². The molecule has 0 spiro atoms. The summed E-state index contributed by atoms with van der Waals surface area (Å²) in [6, 6.07) is 7.64. The minimum atomic E-state index is -1.16. The van der Waals surface area contributed by atoms with Crippen molar-refractivity contribution in [2.75, 3.05) is 43.6 Å². The number of carbonyl (C=O) groups excluding carboxylic acids is 2. The summed E-state index contributed by atoms with van der Waals surface area (Å²) in [6.07, 6.45) is 0. The summed E-state index contributed by atoms with van der Waals surface area (Å²) in [5.41, 5.74) is 0.619. The highest BCUT2D eigenvalue weighted by molar-refractivity contribution is 6.09. The maximum Gasteiger partial charge on any atom is 0.239 e. The Hall–Kier alpha value is -2.08. The van der Waals surface area contributed by atoms with Gasteiger partial charge in [0.15, 0.2) is 0 Å². The maximum absolute atomic E-state index is 12.4. The molecule has 0 unspecified atom stereocenters. The van der Waals surface area contributed by atoms with Crippen LogP contribution in [0.5, 0.6) is 0 Å². The van der Waals surface area contributed by atoms with Crippen molar-refractivity contribution in [1.82, 2.24) is 5.32 Å². The lowest BCUT2D eigenvalue weighted by molar-refractivity contribution is -0.138. The summed E-state index contributed by atoms with van der Waals surface area (Å²) < 4.78 is 4.89. The van der Waals surface area contributed by atoms with Gasteiger partial charge in [0.2, 0.25) is 11.8 Å². The molecule has 134 valence electrons. The number of ether oxygens (including phenoxy) is 1. The van der Waals surface area contributed by atoms with Gasteiger partial charge in [0.1, 0.15) is 5.41 Å². The van der Waals surface area contributed by atoms with Gasteiger partial charge >= 0.3 is 0 Å². The van der Waals surface area contributed by atoms with Gasteiger partial charge in [-0.05, 0) is 52.0 Å². The second-order valence-corrected chi connectivity index (χ2v) is 6.05. The molecule has 24 heavy (non-hydrogen) atoms. The van der Waals surface area contributed by atoms with Crippen LogP contribution in [0.15, 0.2) is 24.3 Å². The highest BCUT2D eigenvalue weighted by atomic mass is 16.5. The van der Waals surface area contributed by atoms with Crippen LogP contribution in [0.3, 0.4) is 0 Å². The Kier molecular flexibility index (Phi) is 7.71. The van der Waals surface area contributed by atoms with Crippen LogP contribution >= 0.6 is 0 Å². The molecule has 0 aliphatic carbocycles. The number of carbonyl (C=O) groups is 2. The van der Waals surface area contributed by atoms with E-state index in [0.717, 1.165) is 18.8 Å². The standard InChI is InChI=1S/C18H29N3O3/c1-6-21(7-2)15-10-8-14(9-11-15)20-17(23)18(3,4)16(22)19-12-13-24-5/h8-11H,6-7,12-13H2,1-5H3,(H,19,22)(H,20,23). The Morgan fingerprint density at radius 3 is 2.17 bits per heavy atom. The third-order valence-electron chi connectivity index (χ3n) is 3.98. The SMILES string of the molecule is CCN(CC)c1ccc(NC(=O)C(C)(C)C(=O)NCCOC)cc1. The molecule has 1 aromatic carbocycles. The van der Waals surface area contributed by atoms with Crippen LogP contribution in [0, 0.1) is 5.41 Å².